The third-order valence-corrected chi connectivity index (χ3v) is 2.95. The molecule has 2 heterocycles. The largest absolute Gasteiger partial charge is 0.490 e. The van der Waals surface area contributed by atoms with Crippen LogP contribution >= 0.6 is 0 Å². The van der Waals surface area contributed by atoms with Gasteiger partial charge < -0.3 is 15.5 Å². The molecule has 3 N–H and O–H groups in total. The van der Waals surface area contributed by atoms with Gasteiger partial charge in [0.15, 0.2) is 0 Å². The van der Waals surface area contributed by atoms with Crippen molar-refractivity contribution in [2.24, 2.45) is 0 Å². The van der Waals surface area contributed by atoms with Gasteiger partial charge in [0, 0.05) is 12.1 Å². The van der Waals surface area contributed by atoms with Crippen molar-refractivity contribution in [1.82, 2.24) is 5.32 Å². The minimum absolute atomic E-state index is 0.378. The van der Waals surface area contributed by atoms with E-state index in [0.29, 0.717) is 12.1 Å². The molecule has 2 aliphatic heterocycles. The smallest absolute Gasteiger partial charge is 0.475 e. The Kier molecular flexibility index (Phi) is 4.03. The van der Waals surface area contributed by atoms with Gasteiger partial charge >= 0.3 is 12.1 Å². The number of piperidine rings is 1. The molecule has 0 amide bonds. The highest BCUT2D eigenvalue weighted by atomic mass is 19.4. The highest BCUT2D eigenvalue weighted by Crippen LogP contribution is 2.33. The zero-order valence-electron chi connectivity index (χ0n) is 9.42. The van der Waals surface area contributed by atoms with E-state index >= 15 is 0 Å². The first-order chi connectivity index (χ1) is 7.60. The van der Waals surface area contributed by atoms with Crippen LogP contribution in [0.3, 0.4) is 0 Å². The molecule has 2 rings (SSSR count). The summed E-state index contributed by atoms with van der Waals surface area (Å²) in [4.78, 5) is 8.90. The van der Waals surface area contributed by atoms with Crippen LogP contribution in [0.25, 0.3) is 0 Å². The fourth-order valence-electron chi connectivity index (χ4n) is 2.37. The summed E-state index contributed by atoms with van der Waals surface area (Å²) in [6.45, 7) is 1.96. The molecule has 0 radical (unpaired) electrons. The molecule has 4 nitrogen and oxygen atoms in total. The monoisotopic (exact) mass is 255 g/mol. The number of aliphatic carboxylic acids is 1. The van der Waals surface area contributed by atoms with Gasteiger partial charge in [0.05, 0.1) is 5.60 Å². The van der Waals surface area contributed by atoms with Crippen LogP contribution in [-0.4, -0.2) is 40.0 Å². The third kappa shape index (κ3) is 4.51. The summed E-state index contributed by atoms with van der Waals surface area (Å²) in [5, 5.41) is 20.3. The van der Waals surface area contributed by atoms with Crippen LogP contribution in [0.4, 0.5) is 13.2 Å². The Hall–Kier alpha value is -0.820. The lowest BCUT2D eigenvalue weighted by Crippen LogP contribution is -2.46. The molecule has 100 valence electrons. The van der Waals surface area contributed by atoms with Crippen molar-refractivity contribution in [1.29, 1.82) is 0 Å². The van der Waals surface area contributed by atoms with Gasteiger partial charge in [-0.2, -0.15) is 13.2 Å². The number of carboxylic acids is 1. The fourth-order valence-corrected chi connectivity index (χ4v) is 2.37. The van der Waals surface area contributed by atoms with Crippen LogP contribution in [0.5, 0.6) is 0 Å². The van der Waals surface area contributed by atoms with Gasteiger partial charge in [0.1, 0.15) is 0 Å². The van der Waals surface area contributed by atoms with E-state index in [-0.39, 0.29) is 5.60 Å². The lowest BCUT2D eigenvalue weighted by atomic mass is 9.90. The van der Waals surface area contributed by atoms with Crippen molar-refractivity contribution < 1.29 is 28.2 Å². The van der Waals surface area contributed by atoms with Crippen molar-refractivity contribution in [2.45, 2.75) is 56.5 Å². The van der Waals surface area contributed by atoms with E-state index in [4.69, 9.17) is 9.90 Å². The maximum Gasteiger partial charge on any atom is 0.490 e. The quantitative estimate of drug-likeness (QED) is 0.610. The number of aliphatic hydroxyl groups is 1. The molecule has 2 saturated heterocycles. The molecular weight excluding hydrogens is 239 g/mol. The van der Waals surface area contributed by atoms with E-state index in [9.17, 15) is 18.3 Å². The first-order valence-electron chi connectivity index (χ1n) is 5.39. The van der Waals surface area contributed by atoms with Crippen LogP contribution in [0.15, 0.2) is 0 Å². The highest BCUT2D eigenvalue weighted by molar-refractivity contribution is 5.73. The summed E-state index contributed by atoms with van der Waals surface area (Å²) in [5.74, 6) is -2.76. The Balaban J connectivity index is 0.000000185. The Morgan fingerprint density at radius 2 is 1.65 bits per heavy atom. The lowest BCUT2D eigenvalue weighted by molar-refractivity contribution is -0.192. The average Bonchev–Trinajstić information content (AvgIpc) is 2.44. The zero-order chi connectivity index (χ0) is 13.3. The van der Waals surface area contributed by atoms with Crippen LogP contribution in [-0.2, 0) is 4.79 Å². The number of nitrogens with one attached hydrogen (secondary N) is 1. The number of hydrogen-bond donors (Lipinski definition) is 3. The molecule has 2 fully saturated rings. The molecule has 2 aliphatic rings. The number of fused-ring (bicyclic) bond motifs is 2. The molecule has 1 unspecified atom stereocenters. The first kappa shape index (κ1) is 14.2. The molecule has 0 aromatic rings. The van der Waals surface area contributed by atoms with E-state index in [1.165, 1.54) is 12.8 Å². The normalized spacial score (nSPS) is 36.1. The minimum Gasteiger partial charge on any atom is -0.475 e. The molecule has 17 heavy (non-hydrogen) atoms. The zero-order valence-corrected chi connectivity index (χ0v) is 9.42. The summed E-state index contributed by atoms with van der Waals surface area (Å²) in [6.07, 6.45) is -0.658. The number of carboxylic acid groups (broad SMARTS) is 1. The summed E-state index contributed by atoms with van der Waals surface area (Å²) in [6, 6.07) is 1.21. The topological polar surface area (TPSA) is 69.6 Å². The van der Waals surface area contributed by atoms with Gasteiger partial charge in [-0.3, -0.25) is 0 Å². The van der Waals surface area contributed by atoms with Crippen molar-refractivity contribution in [3.63, 3.8) is 0 Å². The molecule has 0 aromatic carbocycles. The van der Waals surface area contributed by atoms with Gasteiger partial charge in [0.25, 0.3) is 0 Å². The van der Waals surface area contributed by atoms with E-state index in [1.807, 2.05) is 6.92 Å². The fraction of sp³-hybridized carbons (Fsp3) is 0.900. The predicted octanol–water partition coefficient (Wildman–Crippen LogP) is 1.29. The molecule has 0 aliphatic carbocycles. The Bertz CT molecular complexity index is 277. The molecule has 2 bridgehead atoms. The highest BCUT2D eigenvalue weighted by Gasteiger charge is 2.39. The molecule has 7 heteroatoms. The maximum absolute atomic E-state index is 10.6. The van der Waals surface area contributed by atoms with Crippen molar-refractivity contribution in [2.75, 3.05) is 0 Å². The summed E-state index contributed by atoms with van der Waals surface area (Å²) in [7, 11) is 0. The Morgan fingerprint density at radius 1 is 1.29 bits per heavy atom. The van der Waals surface area contributed by atoms with Crippen LogP contribution in [0, 0.1) is 0 Å². The van der Waals surface area contributed by atoms with Crippen molar-refractivity contribution in [3.05, 3.63) is 0 Å². The Morgan fingerprint density at radius 3 is 1.94 bits per heavy atom. The average molecular weight is 255 g/mol. The first-order valence-corrected chi connectivity index (χ1v) is 5.39. The lowest BCUT2D eigenvalue weighted by Gasteiger charge is -2.33. The standard InChI is InChI=1S/C8H15NO.C2HF3O2/c1-8(10)4-6-2-3-7(5-8)9-6;3-2(4,5)1(6)7/h6-7,9-10H,2-5H2,1H3;(H,6,7)/t6-,7+,8?;. The second kappa shape index (κ2) is 4.81. The number of halogens is 3. The third-order valence-electron chi connectivity index (χ3n) is 2.95. The number of carbonyl (C=O) groups is 1. The summed E-state index contributed by atoms with van der Waals surface area (Å²) < 4.78 is 31.7. The van der Waals surface area contributed by atoms with E-state index in [2.05, 4.69) is 5.32 Å². The minimum atomic E-state index is -5.08. The molecule has 0 saturated carbocycles. The summed E-state index contributed by atoms with van der Waals surface area (Å²) in [5.41, 5.74) is -0.378. The van der Waals surface area contributed by atoms with Crippen molar-refractivity contribution in [3.8, 4) is 0 Å². The van der Waals surface area contributed by atoms with Gasteiger partial charge in [0.2, 0.25) is 0 Å². The van der Waals surface area contributed by atoms with Crippen molar-refractivity contribution >= 4 is 5.97 Å². The predicted molar refractivity (Wildman–Crippen MR) is 53.5 cm³/mol. The van der Waals surface area contributed by atoms with Gasteiger partial charge in [-0.1, -0.05) is 0 Å². The van der Waals surface area contributed by atoms with Crippen LogP contribution < -0.4 is 5.32 Å². The molecular formula is C10H16F3NO3. The van der Waals surface area contributed by atoms with Gasteiger partial charge in [-0.05, 0) is 32.6 Å². The Labute approximate surface area is 96.8 Å². The van der Waals surface area contributed by atoms with Crippen LogP contribution in [0.1, 0.15) is 32.6 Å². The van der Waals surface area contributed by atoms with Gasteiger partial charge in [-0.15, -0.1) is 0 Å². The van der Waals surface area contributed by atoms with Gasteiger partial charge in [-0.25, -0.2) is 4.79 Å². The second-order valence-electron chi connectivity index (χ2n) is 4.85. The number of rotatable bonds is 0. The van der Waals surface area contributed by atoms with E-state index < -0.39 is 12.1 Å². The SMILES string of the molecule is CC1(O)C[C@H]2CC[C@@H](C1)N2.O=C(O)C(F)(F)F. The summed E-state index contributed by atoms with van der Waals surface area (Å²) >= 11 is 0. The van der Waals surface area contributed by atoms with E-state index in [0.717, 1.165) is 12.8 Å². The second-order valence-corrected chi connectivity index (χ2v) is 4.85. The van der Waals surface area contributed by atoms with E-state index in [1.54, 1.807) is 0 Å². The molecule has 0 spiro atoms. The number of hydrogen-bond acceptors (Lipinski definition) is 3. The number of alkyl halides is 3. The maximum atomic E-state index is 10.6. The molecule has 3 atom stereocenters. The van der Waals surface area contributed by atoms with Crippen LogP contribution in [0.2, 0.25) is 0 Å². The molecule has 0 aromatic heterocycles.